The van der Waals surface area contributed by atoms with Crippen LogP contribution in [0.25, 0.3) is 21.5 Å². The van der Waals surface area contributed by atoms with Crippen LogP contribution in [0.15, 0.2) is 35.7 Å². The lowest BCUT2D eigenvalue weighted by Gasteiger charge is -2.11. The summed E-state index contributed by atoms with van der Waals surface area (Å²) < 4.78 is 5.47. The zero-order chi connectivity index (χ0) is 17.1. The SMILES string of the molecule is CCCCOC(=O)c1cc(-c2cccs2)nc2c(C)cc(C)cc12. The normalized spacial score (nSPS) is 11.0. The van der Waals surface area contributed by atoms with Crippen LogP contribution in [-0.4, -0.2) is 17.6 Å². The molecule has 1 aromatic carbocycles. The molecule has 0 bridgehead atoms. The quantitative estimate of drug-likeness (QED) is 0.453. The Balaban J connectivity index is 2.15. The van der Waals surface area contributed by atoms with Crippen LogP contribution in [0.1, 0.15) is 41.3 Å². The van der Waals surface area contributed by atoms with Gasteiger partial charge in [-0.05, 0) is 49.4 Å². The van der Waals surface area contributed by atoms with Gasteiger partial charge in [0, 0.05) is 5.39 Å². The molecule has 0 saturated carbocycles. The van der Waals surface area contributed by atoms with Gasteiger partial charge in [0.2, 0.25) is 0 Å². The minimum atomic E-state index is -0.265. The summed E-state index contributed by atoms with van der Waals surface area (Å²) in [6.07, 6.45) is 1.88. The van der Waals surface area contributed by atoms with Crippen molar-refractivity contribution < 1.29 is 9.53 Å². The van der Waals surface area contributed by atoms with Gasteiger partial charge in [-0.2, -0.15) is 0 Å². The number of carbonyl (C=O) groups excluding carboxylic acids is 1. The second-order valence-corrected chi connectivity index (χ2v) is 6.95. The van der Waals surface area contributed by atoms with Crippen LogP contribution in [0.5, 0.6) is 0 Å². The zero-order valence-electron chi connectivity index (χ0n) is 14.3. The predicted octanol–water partition coefficient (Wildman–Crippen LogP) is 5.54. The zero-order valence-corrected chi connectivity index (χ0v) is 15.1. The Kier molecular flexibility index (Phi) is 4.95. The number of pyridine rings is 1. The van der Waals surface area contributed by atoms with E-state index in [0.29, 0.717) is 12.2 Å². The van der Waals surface area contributed by atoms with Gasteiger partial charge < -0.3 is 4.74 Å². The second-order valence-electron chi connectivity index (χ2n) is 6.00. The third-order valence-electron chi connectivity index (χ3n) is 3.97. The third-order valence-corrected chi connectivity index (χ3v) is 4.87. The maximum Gasteiger partial charge on any atom is 0.338 e. The molecule has 24 heavy (non-hydrogen) atoms. The van der Waals surface area contributed by atoms with Gasteiger partial charge >= 0.3 is 5.97 Å². The first-order chi connectivity index (χ1) is 11.6. The number of benzene rings is 1. The number of unbranched alkanes of at least 4 members (excludes halogenated alkanes) is 1. The first-order valence-corrected chi connectivity index (χ1v) is 9.11. The van der Waals surface area contributed by atoms with Crippen molar-refractivity contribution in [3.05, 3.63) is 52.4 Å². The van der Waals surface area contributed by atoms with E-state index in [4.69, 9.17) is 9.72 Å². The lowest BCUT2D eigenvalue weighted by atomic mass is 10.0. The summed E-state index contributed by atoms with van der Waals surface area (Å²) in [5.74, 6) is -0.265. The van der Waals surface area contributed by atoms with E-state index in [2.05, 4.69) is 13.0 Å². The molecular formula is C20H21NO2S. The molecule has 3 aromatic rings. The van der Waals surface area contributed by atoms with Crippen LogP contribution in [0.2, 0.25) is 0 Å². The maximum absolute atomic E-state index is 12.6. The molecule has 124 valence electrons. The number of aromatic nitrogens is 1. The van der Waals surface area contributed by atoms with Crippen LogP contribution in [0, 0.1) is 13.8 Å². The average molecular weight is 339 g/mol. The second kappa shape index (κ2) is 7.14. The number of rotatable bonds is 5. The van der Waals surface area contributed by atoms with Crippen molar-refractivity contribution in [2.75, 3.05) is 6.61 Å². The van der Waals surface area contributed by atoms with E-state index in [-0.39, 0.29) is 5.97 Å². The first-order valence-electron chi connectivity index (χ1n) is 8.23. The van der Waals surface area contributed by atoms with Crippen LogP contribution < -0.4 is 0 Å². The molecule has 0 spiro atoms. The Morgan fingerprint density at radius 1 is 1.25 bits per heavy atom. The third kappa shape index (κ3) is 3.34. The molecule has 0 fully saturated rings. The minimum absolute atomic E-state index is 0.265. The van der Waals surface area contributed by atoms with Gasteiger partial charge in [0.15, 0.2) is 0 Å². The van der Waals surface area contributed by atoms with Gasteiger partial charge in [-0.1, -0.05) is 31.0 Å². The predicted molar refractivity (Wildman–Crippen MR) is 99.7 cm³/mol. The standard InChI is InChI=1S/C20H21NO2S/c1-4-5-8-23-20(22)16-12-17(18-7-6-9-24-18)21-19-14(3)10-13(2)11-15(16)19/h6-7,9-12H,4-5,8H2,1-3H3. The lowest BCUT2D eigenvalue weighted by molar-refractivity contribution is 0.0502. The Morgan fingerprint density at radius 2 is 2.08 bits per heavy atom. The molecule has 0 aliphatic carbocycles. The molecule has 0 aliphatic rings. The van der Waals surface area contributed by atoms with E-state index in [1.807, 2.05) is 43.5 Å². The molecule has 2 aromatic heterocycles. The molecule has 0 saturated heterocycles. The number of hydrogen-bond acceptors (Lipinski definition) is 4. The van der Waals surface area contributed by atoms with Crippen molar-refractivity contribution >= 4 is 28.2 Å². The number of esters is 1. The van der Waals surface area contributed by atoms with Crippen LogP contribution >= 0.6 is 11.3 Å². The highest BCUT2D eigenvalue weighted by molar-refractivity contribution is 7.13. The molecule has 0 amide bonds. The van der Waals surface area contributed by atoms with Crippen molar-refractivity contribution in [2.45, 2.75) is 33.6 Å². The molecule has 0 N–H and O–H groups in total. The fourth-order valence-electron chi connectivity index (χ4n) is 2.79. The molecule has 0 unspecified atom stereocenters. The fourth-order valence-corrected chi connectivity index (χ4v) is 3.47. The number of aryl methyl sites for hydroxylation is 2. The molecular weight excluding hydrogens is 318 g/mol. The molecule has 0 aliphatic heterocycles. The summed E-state index contributed by atoms with van der Waals surface area (Å²) >= 11 is 1.62. The molecule has 0 atom stereocenters. The Morgan fingerprint density at radius 3 is 2.79 bits per heavy atom. The summed E-state index contributed by atoms with van der Waals surface area (Å²) in [6, 6.07) is 9.99. The maximum atomic E-state index is 12.6. The van der Waals surface area contributed by atoms with Gasteiger partial charge in [0.05, 0.1) is 28.3 Å². The monoisotopic (exact) mass is 339 g/mol. The largest absolute Gasteiger partial charge is 0.462 e. The number of fused-ring (bicyclic) bond motifs is 1. The minimum Gasteiger partial charge on any atom is -0.462 e. The van der Waals surface area contributed by atoms with Crippen molar-refractivity contribution in [3.8, 4) is 10.6 Å². The van der Waals surface area contributed by atoms with E-state index < -0.39 is 0 Å². The van der Waals surface area contributed by atoms with Gasteiger partial charge in [0.25, 0.3) is 0 Å². The molecule has 0 radical (unpaired) electrons. The number of nitrogens with zero attached hydrogens (tertiary/aromatic N) is 1. The highest BCUT2D eigenvalue weighted by atomic mass is 32.1. The topological polar surface area (TPSA) is 39.2 Å². The number of thiophene rings is 1. The lowest BCUT2D eigenvalue weighted by Crippen LogP contribution is -2.08. The molecule has 3 nitrogen and oxygen atoms in total. The van der Waals surface area contributed by atoms with E-state index in [9.17, 15) is 4.79 Å². The summed E-state index contributed by atoms with van der Waals surface area (Å²) in [6.45, 7) is 6.61. The number of ether oxygens (including phenoxy) is 1. The van der Waals surface area contributed by atoms with Crippen molar-refractivity contribution in [1.29, 1.82) is 0 Å². The summed E-state index contributed by atoms with van der Waals surface area (Å²) in [4.78, 5) is 18.5. The highest BCUT2D eigenvalue weighted by Crippen LogP contribution is 2.30. The van der Waals surface area contributed by atoms with Gasteiger partial charge in [-0.15, -0.1) is 11.3 Å². The van der Waals surface area contributed by atoms with Crippen molar-refractivity contribution in [1.82, 2.24) is 4.98 Å². The molecule has 2 heterocycles. The van der Waals surface area contributed by atoms with Crippen LogP contribution in [0.4, 0.5) is 0 Å². The number of carbonyl (C=O) groups is 1. The number of hydrogen-bond donors (Lipinski definition) is 0. The van der Waals surface area contributed by atoms with E-state index >= 15 is 0 Å². The van der Waals surface area contributed by atoms with Gasteiger partial charge in [-0.25, -0.2) is 9.78 Å². The van der Waals surface area contributed by atoms with E-state index in [1.54, 1.807) is 11.3 Å². The summed E-state index contributed by atoms with van der Waals surface area (Å²) in [5.41, 5.74) is 4.49. The van der Waals surface area contributed by atoms with E-state index in [1.165, 1.54) is 0 Å². The smallest absolute Gasteiger partial charge is 0.338 e. The van der Waals surface area contributed by atoms with Crippen molar-refractivity contribution in [3.63, 3.8) is 0 Å². The average Bonchev–Trinajstić information content (AvgIpc) is 3.08. The molecule has 3 rings (SSSR count). The Hall–Kier alpha value is -2.20. The van der Waals surface area contributed by atoms with Gasteiger partial charge in [-0.3, -0.25) is 0 Å². The van der Waals surface area contributed by atoms with Crippen LogP contribution in [-0.2, 0) is 4.74 Å². The van der Waals surface area contributed by atoms with E-state index in [0.717, 1.165) is 45.4 Å². The Bertz CT molecular complexity index is 869. The van der Waals surface area contributed by atoms with Crippen molar-refractivity contribution in [2.24, 2.45) is 0 Å². The summed E-state index contributed by atoms with van der Waals surface area (Å²) in [5, 5.41) is 2.89. The highest BCUT2D eigenvalue weighted by Gasteiger charge is 2.17. The van der Waals surface area contributed by atoms with Crippen LogP contribution in [0.3, 0.4) is 0 Å². The van der Waals surface area contributed by atoms with Gasteiger partial charge in [0.1, 0.15) is 0 Å². The fraction of sp³-hybridized carbons (Fsp3) is 0.300. The molecule has 4 heteroatoms. The summed E-state index contributed by atoms with van der Waals surface area (Å²) in [7, 11) is 0. The Labute approximate surface area is 146 Å². The first kappa shape index (κ1) is 16.7.